The van der Waals surface area contributed by atoms with Crippen LogP contribution in [0.3, 0.4) is 0 Å². The third kappa shape index (κ3) is 4.34. The number of anilines is 1. The third-order valence-electron chi connectivity index (χ3n) is 3.69. The number of benzene rings is 2. The van der Waals surface area contributed by atoms with E-state index >= 15 is 0 Å². The Hall–Kier alpha value is -2.46. The fourth-order valence-electron chi connectivity index (χ4n) is 2.47. The molecule has 0 unspecified atom stereocenters. The van der Waals surface area contributed by atoms with E-state index in [1.54, 1.807) is 14.2 Å². The summed E-state index contributed by atoms with van der Waals surface area (Å²) in [6.45, 7) is 3.93. The Labute approximate surface area is 154 Å². The number of rotatable bonds is 6. The molecule has 0 aliphatic heterocycles. The molecule has 0 saturated heterocycles. The smallest absolute Gasteiger partial charge is 0.144 e. The van der Waals surface area contributed by atoms with Crippen LogP contribution in [0.4, 0.5) is 11.4 Å². The molecule has 0 amide bonds. The Bertz CT molecular complexity index is 772. The van der Waals surface area contributed by atoms with Crippen LogP contribution in [0.5, 0.6) is 11.5 Å². The zero-order chi connectivity index (χ0) is 18.2. The fourth-order valence-corrected chi connectivity index (χ4v) is 2.66. The van der Waals surface area contributed by atoms with E-state index < -0.39 is 0 Å². The number of nitrogens with zero attached hydrogens (tertiary/aromatic N) is 2. The zero-order valence-electron chi connectivity index (χ0n) is 15.0. The highest BCUT2D eigenvalue weighted by molar-refractivity contribution is 6.34. The summed E-state index contributed by atoms with van der Waals surface area (Å²) in [6, 6.07) is 15.4. The molecule has 0 saturated carbocycles. The van der Waals surface area contributed by atoms with E-state index in [-0.39, 0.29) is 0 Å². The van der Waals surface area contributed by atoms with E-state index in [9.17, 15) is 0 Å². The normalized spacial score (nSPS) is 12.0. The summed E-state index contributed by atoms with van der Waals surface area (Å²) in [4.78, 5) is 6.70. The third-order valence-corrected chi connectivity index (χ3v) is 4.07. The predicted molar refractivity (Wildman–Crippen MR) is 105 cm³/mol. The minimum absolute atomic E-state index is 0.556. The Morgan fingerprint density at radius 3 is 2.24 bits per heavy atom. The van der Waals surface area contributed by atoms with Crippen LogP contribution in [0.25, 0.3) is 0 Å². The van der Waals surface area contributed by atoms with Gasteiger partial charge in [0.05, 0.1) is 19.9 Å². The lowest BCUT2D eigenvalue weighted by Gasteiger charge is -2.26. The van der Waals surface area contributed by atoms with E-state index in [0.717, 1.165) is 23.0 Å². The van der Waals surface area contributed by atoms with Gasteiger partial charge in [-0.2, -0.15) is 0 Å². The standard InChI is InChI=1S/C20H23ClN2O2/c1-5-19(21)23(16-12-8-10-14-18(16)25-4)20(6-2)22-15-11-7-9-13-17(15)24-3/h5,7-14H,6H2,1-4H3. The van der Waals surface area contributed by atoms with Crippen molar-refractivity contribution in [3.05, 3.63) is 59.8 Å². The first-order chi connectivity index (χ1) is 12.2. The van der Waals surface area contributed by atoms with Crippen LogP contribution in [-0.4, -0.2) is 20.1 Å². The van der Waals surface area contributed by atoms with Gasteiger partial charge in [-0.25, -0.2) is 4.99 Å². The van der Waals surface area contributed by atoms with Crippen LogP contribution in [0.1, 0.15) is 20.3 Å². The highest BCUT2D eigenvalue weighted by Crippen LogP contribution is 2.34. The molecule has 5 heteroatoms. The molecule has 0 bridgehead atoms. The molecule has 2 aromatic rings. The summed E-state index contributed by atoms with van der Waals surface area (Å²) >= 11 is 6.53. The lowest BCUT2D eigenvalue weighted by Crippen LogP contribution is -2.28. The maximum absolute atomic E-state index is 6.53. The molecule has 0 aliphatic carbocycles. The maximum Gasteiger partial charge on any atom is 0.144 e. The molecule has 132 valence electrons. The number of para-hydroxylation sites is 4. The zero-order valence-corrected chi connectivity index (χ0v) is 15.7. The molecule has 0 spiro atoms. The highest BCUT2D eigenvalue weighted by atomic mass is 35.5. The Morgan fingerprint density at radius 1 is 1.04 bits per heavy atom. The number of allylic oxidation sites excluding steroid dienone is 1. The van der Waals surface area contributed by atoms with E-state index in [1.165, 1.54) is 0 Å². The van der Waals surface area contributed by atoms with Gasteiger partial charge < -0.3 is 9.47 Å². The molecule has 2 aromatic carbocycles. The lowest BCUT2D eigenvalue weighted by molar-refractivity contribution is 0.416. The summed E-state index contributed by atoms with van der Waals surface area (Å²) in [7, 11) is 3.28. The number of halogens is 1. The second-order valence-corrected chi connectivity index (χ2v) is 5.56. The molecular formula is C20H23ClN2O2. The molecule has 0 radical (unpaired) electrons. The predicted octanol–water partition coefficient (Wildman–Crippen LogP) is 5.75. The molecule has 2 rings (SSSR count). The SMILES string of the molecule is CC=C(Cl)N(C(CC)=Nc1ccccc1OC)c1ccccc1OC. The summed E-state index contributed by atoms with van der Waals surface area (Å²) in [5.41, 5.74) is 1.59. The van der Waals surface area contributed by atoms with Crippen molar-refractivity contribution in [3.63, 3.8) is 0 Å². The van der Waals surface area contributed by atoms with Gasteiger partial charge in [-0.15, -0.1) is 0 Å². The van der Waals surface area contributed by atoms with E-state index in [4.69, 9.17) is 26.1 Å². The van der Waals surface area contributed by atoms with Crippen LogP contribution in [-0.2, 0) is 0 Å². The summed E-state index contributed by atoms with van der Waals surface area (Å²) in [5, 5.41) is 0.556. The Morgan fingerprint density at radius 2 is 1.64 bits per heavy atom. The summed E-state index contributed by atoms with van der Waals surface area (Å²) in [6.07, 6.45) is 2.52. The van der Waals surface area contributed by atoms with Gasteiger partial charge in [0, 0.05) is 6.42 Å². The van der Waals surface area contributed by atoms with Crippen molar-refractivity contribution in [3.8, 4) is 11.5 Å². The number of aliphatic imine (C=N–C) groups is 1. The molecule has 0 atom stereocenters. The number of ether oxygens (including phenoxy) is 2. The fraction of sp³-hybridized carbons (Fsp3) is 0.250. The molecular weight excluding hydrogens is 336 g/mol. The maximum atomic E-state index is 6.53. The second-order valence-electron chi connectivity index (χ2n) is 5.17. The van der Waals surface area contributed by atoms with Crippen molar-refractivity contribution in [2.45, 2.75) is 20.3 Å². The molecule has 0 fully saturated rings. The Balaban J connectivity index is 2.61. The van der Waals surface area contributed by atoms with Gasteiger partial charge in [0.2, 0.25) is 0 Å². The van der Waals surface area contributed by atoms with Crippen molar-refractivity contribution < 1.29 is 9.47 Å². The molecule has 0 aromatic heterocycles. The van der Waals surface area contributed by atoms with Crippen LogP contribution in [0, 0.1) is 0 Å². The van der Waals surface area contributed by atoms with Crippen molar-refractivity contribution in [1.29, 1.82) is 0 Å². The molecule has 4 nitrogen and oxygen atoms in total. The molecule has 0 aliphatic rings. The highest BCUT2D eigenvalue weighted by Gasteiger charge is 2.19. The quantitative estimate of drug-likeness (QED) is 0.374. The first-order valence-corrected chi connectivity index (χ1v) is 8.49. The number of hydrogen-bond acceptors (Lipinski definition) is 3. The van der Waals surface area contributed by atoms with E-state index in [0.29, 0.717) is 17.3 Å². The van der Waals surface area contributed by atoms with E-state index in [1.807, 2.05) is 73.4 Å². The molecule has 25 heavy (non-hydrogen) atoms. The first-order valence-electron chi connectivity index (χ1n) is 8.11. The van der Waals surface area contributed by atoms with E-state index in [2.05, 4.69) is 0 Å². The van der Waals surface area contributed by atoms with Crippen molar-refractivity contribution >= 4 is 28.8 Å². The largest absolute Gasteiger partial charge is 0.495 e. The Kier molecular flexibility index (Phi) is 6.90. The van der Waals surface area contributed by atoms with Crippen LogP contribution < -0.4 is 14.4 Å². The minimum atomic E-state index is 0.556. The van der Waals surface area contributed by atoms with Crippen molar-refractivity contribution in [1.82, 2.24) is 0 Å². The van der Waals surface area contributed by atoms with Gasteiger partial charge in [-0.3, -0.25) is 4.90 Å². The number of amidine groups is 1. The van der Waals surface area contributed by atoms with Gasteiger partial charge >= 0.3 is 0 Å². The monoisotopic (exact) mass is 358 g/mol. The van der Waals surface area contributed by atoms with Gasteiger partial charge in [0.15, 0.2) is 0 Å². The number of hydrogen-bond donors (Lipinski definition) is 0. The minimum Gasteiger partial charge on any atom is -0.495 e. The van der Waals surface area contributed by atoms with Crippen molar-refractivity contribution in [2.24, 2.45) is 4.99 Å². The molecule has 0 N–H and O–H groups in total. The number of methoxy groups -OCH3 is 2. The van der Waals surface area contributed by atoms with Gasteiger partial charge in [-0.1, -0.05) is 48.9 Å². The average Bonchev–Trinajstić information content (AvgIpc) is 2.67. The van der Waals surface area contributed by atoms with Crippen LogP contribution in [0.15, 0.2) is 64.8 Å². The average molecular weight is 359 g/mol. The lowest BCUT2D eigenvalue weighted by atomic mass is 10.2. The second kappa shape index (κ2) is 9.14. The first kappa shape index (κ1) is 18.9. The van der Waals surface area contributed by atoms with Crippen molar-refractivity contribution in [2.75, 3.05) is 19.1 Å². The van der Waals surface area contributed by atoms with Crippen LogP contribution >= 0.6 is 11.6 Å². The summed E-state index contributed by atoms with van der Waals surface area (Å²) < 4.78 is 10.9. The van der Waals surface area contributed by atoms with Gasteiger partial charge in [0.1, 0.15) is 28.2 Å². The topological polar surface area (TPSA) is 34.1 Å². The van der Waals surface area contributed by atoms with Gasteiger partial charge in [-0.05, 0) is 31.2 Å². The van der Waals surface area contributed by atoms with Crippen LogP contribution in [0.2, 0.25) is 0 Å². The van der Waals surface area contributed by atoms with Gasteiger partial charge in [0.25, 0.3) is 0 Å². The summed E-state index contributed by atoms with van der Waals surface area (Å²) in [5.74, 6) is 2.23. The molecule has 0 heterocycles.